The van der Waals surface area contributed by atoms with Crippen LogP contribution in [0.3, 0.4) is 0 Å². The highest BCUT2D eigenvalue weighted by Crippen LogP contribution is 2.12. The van der Waals surface area contributed by atoms with E-state index in [0.29, 0.717) is 10.0 Å². The maximum Gasteiger partial charge on any atom is 0.207 e. The average molecular weight is 351 g/mol. The molecule has 2 N–H and O–H groups in total. The van der Waals surface area contributed by atoms with Gasteiger partial charge >= 0.3 is 0 Å². The molecule has 0 bridgehead atoms. The minimum atomic E-state index is 0.256. The van der Waals surface area contributed by atoms with E-state index in [0.717, 1.165) is 11.1 Å². The molecule has 112 valence electrons. The minimum absolute atomic E-state index is 0.256. The number of benzene rings is 2. The number of halogens is 2. The van der Waals surface area contributed by atoms with Gasteiger partial charge in [-0.1, -0.05) is 59.6 Å². The Hall–Kier alpha value is -1.95. The largest absolute Gasteiger partial charge is 0.252 e. The van der Waals surface area contributed by atoms with Crippen molar-refractivity contribution in [3.05, 3.63) is 69.7 Å². The van der Waals surface area contributed by atoms with Crippen molar-refractivity contribution >= 4 is 53.0 Å². The molecule has 2 aromatic rings. The molecule has 0 atom stereocenters. The minimum Gasteiger partial charge on any atom is -0.252 e. The predicted octanol–water partition coefficient (Wildman–Crippen LogP) is 3.83. The van der Waals surface area contributed by atoms with E-state index in [4.69, 9.17) is 35.4 Å². The zero-order valence-electron chi connectivity index (χ0n) is 11.3. The van der Waals surface area contributed by atoms with E-state index < -0.39 is 0 Å². The topological polar surface area (TPSA) is 48.8 Å². The molecule has 22 heavy (non-hydrogen) atoms. The number of hydrogen-bond acceptors (Lipinski definition) is 3. The Kier molecular flexibility index (Phi) is 6.33. The molecule has 2 aromatic carbocycles. The van der Waals surface area contributed by atoms with Gasteiger partial charge in [0.25, 0.3) is 0 Å². The molecular formula is C15H12Cl2N4S. The summed E-state index contributed by atoms with van der Waals surface area (Å²) in [4.78, 5) is 0. The van der Waals surface area contributed by atoms with Crippen LogP contribution in [0, 0.1) is 0 Å². The van der Waals surface area contributed by atoms with E-state index in [2.05, 4.69) is 21.1 Å². The third-order valence-corrected chi connectivity index (χ3v) is 3.42. The third-order valence-electron chi connectivity index (χ3n) is 2.55. The van der Waals surface area contributed by atoms with Crippen molar-refractivity contribution in [3.8, 4) is 0 Å². The van der Waals surface area contributed by atoms with E-state index in [1.54, 1.807) is 24.6 Å². The van der Waals surface area contributed by atoms with E-state index in [1.807, 2.05) is 36.4 Å². The average Bonchev–Trinajstić information content (AvgIpc) is 2.51. The Balaban J connectivity index is 1.84. The Morgan fingerprint density at radius 1 is 0.818 bits per heavy atom. The number of nitrogens with zero attached hydrogens (tertiary/aromatic N) is 2. The van der Waals surface area contributed by atoms with Crippen molar-refractivity contribution in [2.45, 2.75) is 0 Å². The van der Waals surface area contributed by atoms with E-state index >= 15 is 0 Å². The summed E-state index contributed by atoms with van der Waals surface area (Å²) in [5, 5.41) is 9.45. The Morgan fingerprint density at radius 3 is 1.64 bits per heavy atom. The number of rotatable bonds is 4. The first-order chi connectivity index (χ1) is 10.7. The van der Waals surface area contributed by atoms with Crippen LogP contribution in [0.2, 0.25) is 10.0 Å². The fourth-order valence-electron chi connectivity index (χ4n) is 1.51. The van der Waals surface area contributed by atoms with Gasteiger partial charge in [-0.05, 0) is 24.4 Å². The summed E-state index contributed by atoms with van der Waals surface area (Å²) in [6, 6.07) is 14.7. The second-order valence-corrected chi connectivity index (χ2v) is 5.33. The van der Waals surface area contributed by atoms with Crippen LogP contribution in [-0.4, -0.2) is 17.5 Å². The summed E-state index contributed by atoms with van der Waals surface area (Å²) in [5.74, 6) is 0. The summed E-state index contributed by atoms with van der Waals surface area (Å²) < 4.78 is 0. The molecule has 0 heterocycles. The second-order valence-electron chi connectivity index (χ2n) is 4.11. The van der Waals surface area contributed by atoms with Gasteiger partial charge in [-0.25, -0.2) is 0 Å². The smallest absolute Gasteiger partial charge is 0.207 e. The molecule has 0 aliphatic carbocycles. The molecule has 0 spiro atoms. The molecule has 0 aromatic heterocycles. The van der Waals surface area contributed by atoms with Crippen LogP contribution in [0.4, 0.5) is 0 Å². The van der Waals surface area contributed by atoms with E-state index in [-0.39, 0.29) is 5.11 Å². The van der Waals surface area contributed by atoms with Gasteiger partial charge in [0.05, 0.1) is 12.4 Å². The number of thiocarbonyl (C=S) groups is 1. The van der Waals surface area contributed by atoms with Crippen molar-refractivity contribution in [2.75, 3.05) is 0 Å². The normalized spacial score (nSPS) is 11.0. The number of nitrogens with one attached hydrogen (secondary N) is 2. The van der Waals surface area contributed by atoms with Gasteiger partial charge in [0.15, 0.2) is 0 Å². The zero-order valence-corrected chi connectivity index (χ0v) is 13.7. The van der Waals surface area contributed by atoms with Crippen LogP contribution in [0.1, 0.15) is 11.1 Å². The summed E-state index contributed by atoms with van der Waals surface area (Å²) in [6.45, 7) is 0. The van der Waals surface area contributed by atoms with Crippen LogP contribution in [0.25, 0.3) is 0 Å². The highest BCUT2D eigenvalue weighted by Gasteiger charge is 1.96. The van der Waals surface area contributed by atoms with Gasteiger partial charge in [-0.2, -0.15) is 10.2 Å². The van der Waals surface area contributed by atoms with Gasteiger partial charge < -0.3 is 0 Å². The second kappa shape index (κ2) is 8.48. The number of hydrogen-bond donors (Lipinski definition) is 2. The van der Waals surface area contributed by atoms with Crippen molar-refractivity contribution in [3.63, 3.8) is 0 Å². The molecule has 0 fully saturated rings. The summed E-state index contributed by atoms with van der Waals surface area (Å²) in [6.07, 6.45) is 3.15. The van der Waals surface area contributed by atoms with Crippen molar-refractivity contribution in [1.29, 1.82) is 0 Å². The molecule has 7 heteroatoms. The standard InChI is InChI=1S/C15H12Cl2N4S/c16-13-7-3-1-5-11(13)9-18-20-15(22)21-19-10-12-6-2-4-8-14(12)17/h1-10H,(H2,20,21,22)/b18-9+,19-10+. The SMILES string of the molecule is S=C(N/N=C/c1ccccc1Cl)N/N=C/c1ccccc1Cl. The molecule has 4 nitrogen and oxygen atoms in total. The van der Waals surface area contributed by atoms with Crippen LogP contribution in [0.15, 0.2) is 58.7 Å². The lowest BCUT2D eigenvalue weighted by molar-refractivity contribution is 0.935. The molecule has 2 rings (SSSR count). The quantitative estimate of drug-likeness (QED) is 0.500. The maximum atomic E-state index is 6.00. The molecule has 0 saturated carbocycles. The first-order valence-electron chi connectivity index (χ1n) is 6.28. The first-order valence-corrected chi connectivity index (χ1v) is 7.44. The lowest BCUT2D eigenvalue weighted by Crippen LogP contribution is -2.28. The fraction of sp³-hybridized carbons (Fsp3) is 0. The highest BCUT2D eigenvalue weighted by molar-refractivity contribution is 7.80. The summed E-state index contributed by atoms with van der Waals surface area (Å²) >= 11 is 17.0. The third kappa shape index (κ3) is 5.11. The molecule has 0 unspecified atom stereocenters. The van der Waals surface area contributed by atoms with Crippen molar-refractivity contribution in [2.24, 2.45) is 10.2 Å². The maximum absolute atomic E-state index is 6.00. The van der Waals surface area contributed by atoms with Gasteiger partial charge in [0, 0.05) is 21.2 Å². The van der Waals surface area contributed by atoms with Gasteiger partial charge in [0.2, 0.25) is 5.11 Å². The Bertz CT molecular complexity index is 657. The molecular weight excluding hydrogens is 339 g/mol. The predicted molar refractivity (Wildman–Crippen MR) is 97.0 cm³/mol. The van der Waals surface area contributed by atoms with Crippen LogP contribution < -0.4 is 10.9 Å². The van der Waals surface area contributed by atoms with Crippen molar-refractivity contribution < 1.29 is 0 Å². The molecule has 0 saturated heterocycles. The van der Waals surface area contributed by atoms with E-state index in [1.165, 1.54) is 0 Å². The number of hydrazone groups is 2. The highest BCUT2D eigenvalue weighted by atomic mass is 35.5. The lowest BCUT2D eigenvalue weighted by Gasteiger charge is -2.02. The van der Waals surface area contributed by atoms with Crippen LogP contribution >= 0.6 is 35.4 Å². The zero-order chi connectivity index (χ0) is 15.8. The summed E-state index contributed by atoms with van der Waals surface area (Å²) in [7, 11) is 0. The fourth-order valence-corrected chi connectivity index (χ4v) is 1.98. The molecule has 0 amide bonds. The molecule has 0 aliphatic rings. The van der Waals surface area contributed by atoms with Crippen molar-refractivity contribution in [1.82, 2.24) is 10.9 Å². The first kappa shape index (κ1) is 16.4. The van der Waals surface area contributed by atoms with Crippen LogP contribution in [0.5, 0.6) is 0 Å². The van der Waals surface area contributed by atoms with Gasteiger partial charge in [0.1, 0.15) is 0 Å². The van der Waals surface area contributed by atoms with Gasteiger partial charge in [-0.3, -0.25) is 10.9 Å². The van der Waals surface area contributed by atoms with E-state index in [9.17, 15) is 0 Å². The van der Waals surface area contributed by atoms with Gasteiger partial charge in [-0.15, -0.1) is 0 Å². The summed E-state index contributed by atoms with van der Waals surface area (Å²) in [5.41, 5.74) is 6.87. The van der Waals surface area contributed by atoms with Crippen LogP contribution in [-0.2, 0) is 0 Å². The Labute approximate surface area is 143 Å². The molecule has 0 radical (unpaired) electrons. The molecule has 0 aliphatic heterocycles. The Morgan fingerprint density at radius 2 is 1.23 bits per heavy atom. The monoisotopic (exact) mass is 350 g/mol. The lowest BCUT2D eigenvalue weighted by atomic mass is 10.2.